The maximum Gasteiger partial charge on any atom is 0.115 e. The second kappa shape index (κ2) is 3.66. The Hall–Kier alpha value is -0.570. The lowest BCUT2D eigenvalue weighted by Crippen LogP contribution is -2.40. The van der Waals surface area contributed by atoms with Crippen molar-refractivity contribution < 1.29 is 0 Å². The molecule has 2 unspecified atom stereocenters. The number of amidine groups is 1. The second-order valence-electron chi connectivity index (χ2n) is 4.15. The molecule has 0 amide bonds. The van der Waals surface area contributed by atoms with E-state index in [9.17, 15) is 0 Å². The molecule has 0 aromatic carbocycles. The largest absolute Gasteiger partial charge is 0.347 e. The molecule has 13 heavy (non-hydrogen) atoms. The molecule has 3 heteroatoms. The highest BCUT2D eigenvalue weighted by Crippen LogP contribution is 2.24. The fourth-order valence-corrected chi connectivity index (χ4v) is 2.18. The molecular formula is C10H21N3. The van der Waals surface area contributed by atoms with E-state index < -0.39 is 0 Å². The van der Waals surface area contributed by atoms with Gasteiger partial charge in [-0.05, 0) is 19.4 Å². The monoisotopic (exact) mass is 183 g/mol. The van der Waals surface area contributed by atoms with E-state index in [0.717, 1.165) is 12.4 Å². The van der Waals surface area contributed by atoms with Crippen molar-refractivity contribution in [1.29, 1.82) is 5.41 Å². The molecule has 2 atom stereocenters. The summed E-state index contributed by atoms with van der Waals surface area (Å²) in [5.41, 5.74) is 0. The average molecular weight is 183 g/mol. The molecule has 1 fully saturated rings. The van der Waals surface area contributed by atoms with Gasteiger partial charge >= 0.3 is 0 Å². The third kappa shape index (κ3) is 1.57. The smallest absolute Gasteiger partial charge is 0.115 e. The van der Waals surface area contributed by atoms with Crippen LogP contribution in [0.4, 0.5) is 0 Å². The van der Waals surface area contributed by atoms with E-state index in [1.54, 1.807) is 0 Å². The van der Waals surface area contributed by atoms with Crippen LogP contribution in [0.2, 0.25) is 0 Å². The first-order valence-electron chi connectivity index (χ1n) is 5.07. The van der Waals surface area contributed by atoms with Gasteiger partial charge in [0.1, 0.15) is 5.84 Å². The van der Waals surface area contributed by atoms with Crippen LogP contribution in [0.1, 0.15) is 27.7 Å². The molecule has 0 aliphatic carbocycles. The number of nitrogens with one attached hydrogen (secondary N) is 1. The summed E-state index contributed by atoms with van der Waals surface area (Å²) >= 11 is 0. The van der Waals surface area contributed by atoms with Crippen molar-refractivity contribution in [2.45, 2.75) is 39.9 Å². The molecule has 1 rings (SSSR count). The predicted octanol–water partition coefficient (Wildman–Crippen LogP) is 1.60. The topological polar surface area (TPSA) is 30.3 Å². The van der Waals surface area contributed by atoms with Crippen molar-refractivity contribution in [1.82, 2.24) is 9.80 Å². The van der Waals surface area contributed by atoms with Crippen LogP contribution in [0.5, 0.6) is 0 Å². The average Bonchev–Trinajstić information content (AvgIpc) is 2.29. The summed E-state index contributed by atoms with van der Waals surface area (Å²) in [6.45, 7) is 9.73. The summed E-state index contributed by atoms with van der Waals surface area (Å²) in [6.07, 6.45) is 0.380. The van der Waals surface area contributed by atoms with E-state index in [4.69, 9.17) is 5.41 Å². The zero-order valence-corrected chi connectivity index (χ0v) is 9.33. The molecule has 0 saturated carbocycles. The lowest BCUT2D eigenvalue weighted by atomic mass is 10.0. The number of rotatable bonds is 2. The predicted molar refractivity (Wildman–Crippen MR) is 56.0 cm³/mol. The highest BCUT2D eigenvalue weighted by atomic mass is 15.4. The van der Waals surface area contributed by atoms with Crippen molar-refractivity contribution in [3.63, 3.8) is 0 Å². The number of hydrogen-bond acceptors (Lipinski definition) is 2. The summed E-state index contributed by atoms with van der Waals surface area (Å²) in [4.78, 5) is 4.45. The lowest BCUT2D eigenvalue weighted by Gasteiger charge is -2.27. The van der Waals surface area contributed by atoms with Crippen molar-refractivity contribution >= 4 is 5.84 Å². The second-order valence-corrected chi connectivity index (χ2v) is 4.15. The van der Waals surface area contributed by atoms with Gasteiger partial charge in [-0.1, -0.05) is 20.8 Å². The van der Waals surface area contributed by atoms with Gasteiger partial charge in [-0.15, -0.1) is 0 Å². The fourth-order valence-electron chi connectivity index (χ4n) is 2.18. The maximum absolute atomic E-state index is 7.99. The Kier molecular flexibility index (Phi) is 2.96. The van der Waals surface area contributed by atoms with Crippen molar-refractivity contribution in [3.8, 4) is 0 Å². The van der Waals surface area contributed by atoms with Gasteiger partial charge in [0.2, 0.25) is 0 Å². The summed E-state index contributed by atoms with van der Waals surface area (Å²) in [6, 6.07) is 0.310. The summed E-state index contributed by atoms with van der Waals surface area (Å²) in [7, 11) is 2.01. The highest BCUT2D eigenvalue weighted by molar-refractivity contribution is 5.86. The first-order chi connectivity index (χ1) is 6.00. The third-order valence-electron chi connectivity index (χ3n) is 3.05. The SMILES string of the molecule is CCN1C(C(C)C)C(=N)N(C)C1C. The minimum atomic E-state index is 0.310. The minimum Gasteiger partial charge on any atom is -0.347 e. The van der Waals surface area contributed by atoms with Gasteiger partial charge in [-0.25, -0.2) is 0 Å². The van der Waals surface area contributed by atoms with Gasteiger partial charge < -0.3 is 4.90 Å². The molecule has 0 bridgehead atoms. The van der Waals surface area contributed by atoms with Crippen molar-refractivity contribution in [2.75, 3.05) is 13.6 Å². The highest BCUT2D eigenvalue weighted by Gasteiger charge is 2.39. The summed E-state index contributed by atoms with van der Waals surface area (Å²) < 4.78 is 0. The van der Waals surface area contributed by atoms with E-state index in [0.29, 0.717) is 18.1 Å². The van der Waals surface area contributed by atoms with E-state index >= 15 is 0 Å². The molecule has 0 radical (unpaired) electrons. The molecule has 1 heterocycles. The Labute approximate surface area is 81.2 Å². The van der Waals surface area contributed by atoms with Gasteiger partial charge in [-0.3, -0.25) is 10.3 Å². The Morgan fingerprint density at radius 1 is 1.46 bits per heavy atom. The summed E-state index contributed by atoms with van der Waals surface area (Å²) in [5.74, 6) is 1.30. The molecule has 3 nitrogen and oxygen atoms in total. The molecule has 76 valence electrons. The van der Waals surface area contributed by atoms with Gasteiger partial charge in [0.15, 0.2) is 0 Å². The van der Waals surface area contributed by atoms with Crippen LogP contribution in [-0.4, -0.2) is 41.4 Å². The van der Waals surface area contributed by atoms with Crippen LogP contribution in [-0.2, 0) is 0 Å². The van der Waals surface area contributed by atoms with Crippen LogP contribution in [0.25, 0.3) is 0 Å². The van der Waals surface area contributed by atoms with E-state index in [2.05, 4.69) is 37.5 Å². The molecular weight excluding hydrogens is 162 g/mol. The van der Waals surface area contributed by atoms with Gasteiger partial charge in [-0.2, -0.15) is 0 Å². The molecule has 1 aliphatic heterocycles. The molecule has 0 aromatic rings. The van der Waals surface area contributed by atoms with Gasteiger partial charge in [0.25, 0.3) is 0 Å². The third-order valence-corrected chi connectivity index (χ3v) is 3.05. The Morgan fingerprint density at radius 3 is 2.31 bits per heavy atom. The van der Waals surface area contributed by atoms with Crippen LogP contribution in [0.3, 0.4) is 0 Å². The number of nitrogens with zero attached hydrogens (tertiary/aromatic N) is 2. The van der Waals surface area contributed by atoms with Crippen molar-refractivity contribution in [2.24, 2.45) is 5.92 Å². The molecule has 1 aliphatic rings. The Balaban J connectivity index is 2.87. The zero-order chi connectivity index (χ0) is 10.2. The van der Waals surface area contributed by atoms with Crippen LogP contribution >= 0.6 is 0 Å². The van der Waals surface area contributed by atoms with Crippen LogP contribution < -0.4 is 0 Å². The Morgan fingerprint density at radius 2 is 2.00 bits per heavy atom. The first kappa shape index (κ1) is 10.5. The molecule has 1 saturated heterocycles. The van der Waals surface area contributed by atoms with Crippen LogP contribution in [0.15, 0.2) is 0 Å². The lowest BCUT2D eigenvalue weighted by molar-refractivity contribution is 0.143. The van der Waals surface area contributed by atoms with Crippen molar-refractivity contribution in [3.05, 3.63) is 0 Å². The van der Waals surface area contributed by atoms with E-state index in [1.807, 2.05) is 7.05 Å². The fraction of sp³-hybridized carbons (Fsp3) is 0.900. The van der Waals surface area contributed by atoms with Crippen LogP contribution in [0, 0.1) is 11.3 Å². The quantitative estimate of drug-likeness (QED) is 0.705. The van der Waals surface area contributed by atoms with E-state index in [-0.39, 0.29) is 0 Å². The molecule has 0 spiro atoms. The molecule has 1 N–H and O–H groups in total. The molecule has 0 aromatic heterocycles. The summed E-state index contributed by atoms with van der Waals surface area (Å²) in [5, 5.41) is 7.99. The zero-order valence-electron chi connectivity index (χ0n) is 9.33. The Bertz CT molecular complexity index is 200. The standard InChI is InChI=1S/C10H21N3/c1-6-13-8(4)12(5)10(11)9(13)7(2)3/h7-9,11H,6H2,1-5H3. The first-order valence-corrected chi connectivity index (χ1v) is 5.07. The van der Waals surface area contributed by atoms with E-state index in [1.165, 1.54) is 0 Å². The van der Waals surface area contributed by atoms with Gasteiger partial charge in [0, 0.05) is 7.05 Å². The number of hydrogen-bond donors (Lipinski definition) is 1. The minimum absolute atomic E-state index is 0.310. The normalized spacial score (nSPS) is 30.6. The maximum atomic E-state index is 7.99. The van der Waals surface area contributed by atoms with Gasteiger partial charge in [0.05, 0.1) is 12.2 Å². The number of likely N-dealkylation sites (N-methyl/N-ethyl adjacent to an activating group) is 2.